The molecular formula is C11H22N2O2. The van der Waals surface area contributed by atoms with Crippen molar-refractivity contribution < 1.29 is 9.90 Å². The van der Waals surface area contributed by atoms with Gasteiger partial charge in [0.15, 0.2) is 0 Å². The van der Waals surface area contributed by atoms with Gasteiger partial charge in [0.25, 0.3) is 0 Å². The van der Waals surface area contributed by atoms with E-state index in [1.54, 1.807) is 0 Å². The Labute approximate surface area is 91.2 Å². The molecule has 0 radical (unpaired) electrons. The molecule has 0 aromatic heterocycles. The summed E-state index contributed by atoms with van der Waals surface area (Å²) in [5.41, 5.74) is 5.46. The van der Waals surface area contributed by atoms with E-state index >= 15 is 0 Å². The molecule has 4 N–H and O–H groups in total. The number of amides is 1. The van der Waals surface area contributed by atoms with Crippen LogP contribution in [0.4, 0.5) is 0 Å². The second kappa shape index (κ2) is 5.47. The maximum Gasteiger partial charge on any atom is 0.239 e. The highest BCUT2D eigenvalue weighted by atomic mass is 16.3. The number of hydrogen-bond acceptors (Lipinski definition) is 3. The first-order valence-corrected chi connectivity index (χ1v) is 5.73. The third kappa shape index (κ3) is 3.18. The zero-order chi connectivity index (χ0) is 11.4. The zero-order valence-electron chi connectivity index (χ0n) is 9.57. The first kappa shape index (κ1) is 12.5. The van der Waals surface area contributed by atoms with Crippen molar-refractivity contribution in [2.24, 2.45) is 17.6 Å². The highest BCUT2D eigenvalue weighted by molar-refractivity contribution is 5.81. The topological polar surface area (TPSA) is 75.4 Å². The van der Waals surface area contributed by atoms with Crippen LogP contribution in [0.1, 0.15) is 33.1 Å². The maximum atomic E-state index is 11.5. The van der Waals surface area contributed by atoms with Crippen LogP contribution in [0.2, 0.25) is 0 Å². The van der Waals surface area contributed by atoms with Crippen molar-refractivity contribution in [1.82, 2.24) is 5.32 Å². The number of hydrogen-bond donors (Lipinski definition) is 3. The molecule has 1 rings (SSSR count). The molecule has 1 aliphatic carbocycles. The van der Waals surface area contributed by atoms with Crippen molar-refractivity contribution in [3.8, 4) is 0 Å². The lowest BCUT2D eigenvalue weighted by atomic mass is 9.78. The summed E-state index contributed by atoms with van der Waals surface area (Å²) in [4.78, 5) is 11.5. The normalized spacial score (nSPS) is 33.5. The zero-order valence-corrected chi connectivity index (χ0v) is 9.57. The fourth-order valence-electron chi connectivity index (χ4n) is 2.32. The van der Waals surface area contributed by atoms with Crippen LogP contribution in [0.3, 0.4) is 0 Å². The summed E-state index contributed by atoms with van der Waals surface area (Å²) in [5.74, 6) is 0.773. The Bertz CT molecular complexity index is 211. The molecule has 0 aliphatic heterocycles. The lowest BCUT2D eigenvalue weighted by Crippen LogP contribution is -2.52. The van der Waals surface area contributed by atoms with Crippen molar-refractivity contribution in [2.45, 2.75) is 45.2 Å². The number of nitrogens with two attached hydrogens (primary N) is 1. The minimum Gasteiger partial charge on any atom is -0.394 e. The van der Waals surface area contributed by atoms with E-state index in [1.165, 1.54) is 6.42 Å². The van der Waals surface area contributed by atoms with E-state index in [-0.39, 0.29) is 18.6 Å². The number of aliphatic hydroxyl groups is 1. The SMILES string of the molecule is C[C@@H]1CCC[C@H](C)[C@H]1NC(=O)[C@H](N)CO. The molecule has 0 heterocycles. The van der Waals surface area contributed by atoms with E-state index in [0.29, 0.717) is 11.8 Å². The lowest BCUT2D eigenvalue weighted by molar-refractivity contribution is -0.124. The van der Waals surface area contributed by atoms with E-state index in [1.807, 2.05) is 0 Å². The van der Waals surface area contributed by atoms with E-state index in [0.717, 1.165) is 12.8 Å². The predicted octanol–water partition coefficient (Wildman–Crippen LogP) is 0.247. The van der Waals surface area contributed by atoms with Crippen LogP contribution < -0.4 is 11.1 Å². The summed E-state index contributed by atoms with van der Waals surface area (Å²) in [6.07, 6.45) is 3.55. The Balaban J connectivity index is 2.51. The van der Waals surface area contributed by atoms with Crippen LogP contribution >= 0.6 is 0 Å². The molecule has 0 bridgehead atoms. The highest BCUT2D eigenvalue weighted by Crippen LogP contribution is 2.28. The largest absolute Gasteiger partial charge is 0.394 e. The summed E-state index contributed by atoms with van der Waals surface area (Å²) < 4.78 is 0. The van der Waals surface area contributed by atoms with Crippen LogP contribution in [0, 0.1) is 11.8 Å². The fourth-order valence-corrected chi connectivity index (χ4v) is 2.32. The van der Waals surface area contributed by atoms with Gasteiger partial charge in [-0.15, -0.1) is 0 Å². The number of rotatable bonds is 3. The molecule has 4 heteroatoms. The first-order chi connectivity index (χ1) is 7.06. The van der Waals surface area contributed by atoms with Crippen molar-refractivity contribution in [3.63, 3.8) is 0 Å². The molecule has 0 saturated heterocycles. The molecule has 0 aromatic rings. The standard InChI is InChI=1S/C11H22N2O2/c1-7-4-3-5-8(2)10(7)13-11(15)9(12)6-14/h7-10,14H,3-6,12H2,1-2H3,(H,13,15)/t7-,8+,9-,10+/m1/s1. The molecule has 88 valence electrons. The molecule has 1 amide bonds. The smallest absolute Gasteiger partial charge is 0.239 e. The third-order valence-corrected chi connectivity index (χ3v) is 3.39. The monoisotopic (exact) mass is 214 g/mol. The molecular weight excluding hydrogens is 192 g/mol. The van der Waals surface area contributed by atoms with Crippen LogP contribution in [0.15, 0.2) is 0 Å². The minimum absolute atomic E-state index is 0.212. The van der Waals surface area contributed by atoms with E-state index < -0.39 is 6.04 Å². The Hall–Kier alpha value is -0.610. The van der Waals surface area contributed by atoms with Gasteiger partial charge in [-0.05, 0) is 24.7 Å². The first-order valence-electron chi connectivity index (χ1n) is 5.73. The van der Waals surface area contributed by atoms with Crippen LogP contribution in [0.25, 0.3) is 0 Å². The van der Waals surface area contributed by atoms with Gasteiger partial charge in [-0.2, -0.15) is 0 Å². The van der Waals surface area contributed by atoms with Crippen LogP contribution in [-0.4, -0.2) is 29.7 Å². The number of carbonyl (C=O) groups is 1. The summed E-state index contributed by atoms with van der Waals surface area (Å²) in [5, 5.41) is 11.7. The minimum atomic E-state index is -0.786. The van der Waals surface area contributed by atoms with Gasteiger partial charge in [0, 0.05) is 6.04 Å². The van der Waals surface area contributed by atoms with Crippen molar-refractivity contribution in [3.05, 3.63) is 0 Å². The van der Waals surface area contributed by atoms with E-state index in [2.05, 4.69) is 19.2 Å². The summed E-state index contributed by atoms with van der Waals surface area (Å²) in [6.45, 7) is 4.03. The fraction of sp³-hybridized carbons (Fsp3) is 0.909. The van der Waals surface area contributed by atoms with Gasteiger partial charge in [0.05, 0.1) is 6.61 Å². The van der Waals surface area contributed by atoms with Crippen molar-refractivity contribution >= 4 is 5.91 Å². The molecule has 4 atom stereocenters. The quantitative estimate of drug-likeness (QED) is 0.630. The Morgan fingerprint density at radius 2 is 2.00 bits per heavy atom. The predicted molar refractivity (Wildman–Crippen MR) is 59.2 cm³/mol. The highest BCUT2D eigenvalue weighted by Gasteiger charge is 2.29. The van der Waals surface area contributed by atoms with Gasteiger partial charge in [-0.25, -0.2) is 0 Å². The van der Waals surface area contributed by atoms with Crippen LogP contribution in [-0.2, 0) is 4.79 Å². The summed E-state index contributed by atoms with van der Waals surface area (Å²) >= 11 is 0. The van der Waals surface area contributed by atoms with Gasteiger partial charge in [-0.1, -0.05) is 20.3 Å². The van der Waals surface area contributed by atoms with Gasteiger partial charge in [-0.3, -0.25) is 4.79 Å². The third-order valence-electron chi connectivity index (χ3n) is 3.39. The molecule has 4 nitrogen and oxygen atoms in total. The lowest BCUT2D eigenvalue weighted by Gasteiger charge is -2.35. The second-order valence-corrected chi connectivity index (χ2v) is 4.71. The van der Waals surface area contributed by atoms with E-state index in [4.69, 9.17) is 10.8 Å². The van der Waals surface area contributed by atoms with Crippen LogP contribution in [0.5, 0.6) is 0 Å². The number of carbonyl (C=O) groups excluding carboxylic acids is 1. The molecule has 1 fully saturated rings. The average Bonchev–Trinajstić information content (AvgIpc) is 2.22. The van der Waals surface area contributed by atoms with Gasteiger partial charge in [0.2, 0.25) is 5.91 Å². The van der Waals surface area contributed by atoms with E-state index in [9.17, 15) is 4.79 Å². The number of nitrogens with one attached hydrogen (secondary N) is 1. The van der Waals surface area contributed by atoms with Gasteiger partial charge in [0.1, 0.15) is 6.04 Å². The van der Waals surface area contributed by atoms with Gasteiger partial charge >= 0.3 is 0 Å². The molecule has 0 unspecified atom stereocenters. The number of aliphatic hydroxyl groups excluding tert-OH is 1. The van der Waals surface area contributed by atoms with Crippen molar-refractivity contribution in [2.75, 3.05) is 6.61 Å². The average molecular weight is 214 g/mol. The molecule has 1 aliphatic rings. The molecule has 0 aromatic carbocycles. The molecule has 1 saturated carbocycles. The Kier molecular flexibility index (Phi) is 4.54. The summed E-state index contributed by atoms with van der Waals surface area (Å²) in [7, 11) is 0. The molecule has 0 spiro atoms. The maximum absolute atomic E-state index is 11.5. The van der Waals surface area contributed by atoms with Crippen molar-refractivity contribution in [1.29, 1.82) is 0 Å². The van der Waals surface area contributed by atoms with Gasteiger partial charge < -0.3 is 16.2 Å². The molecule has 15 heavy (non-hydrogen) atoms. The summed E-state index contributed by atoms with van der Waals surface area (Å²) in [6, 6.07) is -0.574. The Morgan fingerprint density at radius 1 is 1.47 bits per heavy atom. The Morgan fingerprint density at radius 3 is 2.47 bits per heavy atom. The second-order valence-electron chi connectivity index (χ2n) is 4.71.